The molecule has 2 nitrogen and oxygen atoms in total. The van der Waals surface area contributed by atoms with E-state index in [9.17, 15) is 4.79 Å². The first-order valence-electron chi connectivity index (χ1n) is 7.44. The molecule has 104 valence electrons. The summed E-state index contributed by atoms with van der Waals surface area (Å²) < 4.78 is 5.21. The summed E-state index contributed by atoms with van der Waals surface area (Å²) in [7, 11) is 0. The van der Waals surface area contributed by atoms with Gasteiger partial charge in [-0.25, -0.2) is 0 Å². The number of rotatable bonds is 3. The van der Waals surface area contributed by atoms with Gasteiger partial charge in [-0.15, -0.1) is 0 Å². The van der Waals surface area contributed by atoms with Crippen LogP contribution in [0.15, 0.2) is 41.0 Å². The fraction of sp³-hybridized carbons (Fsp3) is 0.389. The van der Waals surface area contributed by atoms with E-state index in [1.165, 1.54) is 37.7 Å². The van der Waals surface area contributed by atoms with Crippen molar-refractivity contribution in [1.29, 1.82) is 0 Å². The minimum Gasteiger partial charge on any atom is -0.469 e. The lowest BCUT2D eigenvalue weighted by Crippen LogP contribution is -2.06. The van der Waals surface area contributed by atoms with E-state index in [0.717, 1.165) is 5.56 Å². The van der Waals surface area contributed by atoms with E-state index < -0.39 is 0 Å². The second-order valence-electron chi connectivity index (χ2n) is 5.68. The van der Waals surface area contributed by atoms with Gasteiger partial charge in [0.25, 0.3) is 0 Å². The largest absolute Gasteiger partial charge is 0.469 e. The number of carbonyl (C=O) groups excluding carboxylic acids is 1. The second kappa shape index (κ2) is 5.66. The summed E-state index contributed by atoms with van der Waals surface area (Å²) in [5.41, 5.74) is 2.79. The van der Waals surface area contributed by atoms with Crippen LogP contribution in [-0.4, -0.2) is 5.78 Å². The molecule has 20 heavy (non-hydrogen) atoms. The Morgan fingerprint density at radius 2 is 1.75 bits per heavy atom. The standard InChI is InChI=1S/C18H20O2/c1-13-17(11-12-20-13)18(19)16-9-7-15(8-10-16)14-5-3-2-4-6-14/h7-12,14H,2-6H2,1H3. The summed E-state index contributed by atoms with van der Waals surface area (Å²) in [6.45, 7) is 1.82. The van der Waals surface area contributed by atoms with Gasteiger partial charge in [0.1, 0.15) is 5.76 Å². The van der Waals surface area contributed by atoms with Crippen molar-refractivity contribution in [3.63, 3.8) is 0 Å². The van der Waals surface area contributed by atoms with Crippen molar-refractivity contribution in [3.8, 4) is 0 Å². The molecule has 0 aliphatic heterocycles. The molecule has 0 unspecified atom stereocenters. The molecule has 1 saturated carbocycles. The molecule has 0 atom stereocenters. The molecule has 1 heterocycles. The molecule has 1 fully saturated rings. The lowest BCUT2D eigenvalue weighted by molar-refractivity contribution is 0.103. The Hall–Kier alpha value is -1.83. The molecular formula is C18H20O2. The Morgan fingerprint density at radius 3 is 2.35 bits per heavy atom. The molecular weight excluding hydrogens is 248 g/mol. The fourth-order valence-corrected chi connectivity index (χ4v) is 3.12. The van der Waals surface area contributed by atoms with E-state index in [1.807, 2.05) is 19.1 Å². The average Bonchev–Trinajstić information content (AvgIpc) is 2.94. The highest BCUT2D eigenvalue weighted by atomic mass is 16.3. The van der Waals surface area contributed by atoms with Crippen molar-refractivity contribution in [2.24, 2.45) is 0 Å². The summed E-state index contributed by atoms with van der Waals surface area (Å²) in [6, 6.07) is 9.90. The molecule has 1 aliphatic rings. The van der Waals surface area contributed by atoms with Crippen molar-refractivity contribution >= 4 is 5.78 Å². The van der Waals surface area contributed by atoms with Crippen LogP contribution in [-0.2, 0) is 0 Å². The van der Waals surface area contributed by atoms with Crippen molar-refractivity contribution in [2.75, 3.05) is 0 Å². The van der Waals surface area contributed by atoms with Crippen LogP contribution in [0.3, 0.4) is 0 Å². The summed E-state index contributed by atoms with van der Waals surface area (Å²) in [5, 5.41) is 0. The summed E-state index contributed by atoms with van der Waals surface area (Å²) in [5.74, 6) is 1.42. The molecule has 2 heteroatoms. The van der Waals surface area contributed by atoms with Crippen molar-refractivity contribution < 1.29 is 9.21 Å². The third-order valence-electron chi connectivity index (χ3n) is 4.35. The highest BCUT2D eigenvalue weighted by molar-refractivity contribution is 6.09. The quantitative estimate of drug-likeness (QED) is 0.744. The van der Waals surface area contributed by atoms with E-state index in [4.69, 9.17) is 4.42 Å². The summed E-state index contributed by atoms with van der Waals surface area (Å²) >= 11 is 0. The van der Waals surface area contributed by atoms with Crippen LogP contribution in [0.25, 0.3) is 0 Å². The van der Waals surface area contributed by atoms with Crippen LogP contribution >= 0.6 is 0 Å². The van der Waals surface area contributed by atoms with Crippen LogP contribution in [0.4, 0.5) is 0 Å². The Balaban J connectivity index is 1.79. The Kier molecular flexibility index (Phi) is 3.72. The molecule has 3 rings (SSSR count). The van der Waals surface area contributed by atoms with Gasteiger partial charge in [0.05, 0.1) is 11.8 Å². The third-order valence-corrected chi connectivity index (χ3v) is 4.35. The zero-order chi connectivity index (χ0) is 13.9. The van der Waals surface area contributed by atoms with Gasteiger partial charge in [-0.3, -0.25) is 4.79 Å². The molecule has 0 bridgehead atoms. The van der Waals surface area contributed by atoms with Crippen LogP contribution in [0.2, 0.25) is 0 Å². The fourth-order valence-electron chi connectivity index (χ4n) is 3.12. The first-order chi connectivity index (χ1) is 9.75. The first-order valence-corrected chi connectivity index (χ1v) is 7.44. The SMILES string of the molecule is Cc1occc1C(=O)c1ccc(C2CCCCC2)cc1. The number of benzene rings is 1. The summed E-state index contributed by atoms with van der Waals surface area (Å²) in [6.07, 6.45) is 8.17. The molecule has 1 aromatic heterocycles. The number of hydrogen-bond donors (Lipinski definition) is 0. The van der Waals surface area contributed by atoms with Crippen molar-refractivity contribution in [2.45, 2.75) is 44.9 Å². The van der Waals surface area contributed by atoms with Gasteiger partial charge in [0, 0.05) is 5.56 Å². The lowest BCUT2D eigenvalue weighted by atomic mass is 9.84. The monoisotopic (exact) mass is 268 g/mol. The molecule has 0 amide bonds. The predicted molar refractivity (Wildman–Crippen MR) is 79.1 cm³/mol. The van der Waals surface area contributed by atoms with Gasteiger partial charge in [-0.1, -0.05) is 43.5 Å². The van der Waals surface area contributed by atoms with Crippen LogP contribution in [0, 0.1) is 6.92 Å². The molecule has 0 radical (unpaired) electrons. The number of aryl methyl sites for hydroxylation is 1. The highest BCUT2D eigenvalue weighted by Gasteiger charge is 2.17. The Labute approximate surface area is 119 Å². The molecule has 0 spiro atoms. The minimum absolute atomic E-state index is 0.0476. The lowest BCUT2D eigenvalue weighted by Gasteiger charge is -2.22. The smallest absolute Gasteiger partial charge is 0.196 e. The predicted octanol–water partition coefficient (Wildman–Crippen LogP) is 4.87. The third kappa shape index (κ3) is 2.55. The van der Waals surface area contributed by atoms with Gasteiger partial charge >= 0.3 is 0 Å². The van der Waals surface area contributed by atoms with Gasteiger partial charge in [0.15, 0.2) is 5.78 Å². The minimum atomic E-state index is 0.0476. The average molecular weight is 268 g/mol. The normalized spacial score (nSPS) is 16.2. The van der Waals surface area contributed by atoms with E-state index in [-0.39, 0.29) is 5.78 Å². The van der Waals surface area contributed by atoms with Crippen molar-refractivity contribution in [3.05, 3.63) is 59.0 Å². The van der Waals surface area contributed by atoms with E-state index in [0.29, 0.717) is 17.2 Å². The maximum absolute atomic E-state index is 12.4. The van der Waals surface area contributed by atoms with Gasteiger partial charge in [-0.2, -0.15) is 0 Å². The maximum atomic E-state index is 12.4. The maximum Gasteiger partial charge on any atom is 0.196 e. The van der Waals surface area contributed by atoms with Gasteiger partial charge in [-0.05, 0) is 37.3 Å². The van der Waals surface area contributed by atoms with Crippen LogP contribution in [0.5, 0.6) is 0 Å². The second-order valence-corrected chi connectivity index (χ2v) is 5.68. The Morgan fingerprint density at radius 1 is 1.05 bits per heavy atom. The number of ketones is 1. The molecule has 2 aromatic rings. The molecule has 0 saturated heterocycles. The topological polar surface area (TPSA) is 30.2 Å². The van der Waals surface area contributed by atoms with Gasteiger partial charge in [0.2, 0.25) is 0 Å². The summed E-state index contributed by atoms with van der Waals surface area (Å²) in [4.78, 5) is 12.4. The van der Waals surface area contributed by atoms with E-state index in [2.05, 4.69) is 12.1 Å². The number of furan rings is 1. The van der Waals surface area contributed by atoms with E-state index >= 15 is 0 Å². The van der Waals surface area contributed by atoms with Crippen LogP contribution < -0.4 is 0 Å². The molecule has 0 N–H and O–H groups in total. The number of hydrogen-bond acceptors (Lipinski definition) is 2. The first kappa shape index (κ1) is 13.2. The number of carbonyl (C=O) groups is 1. The van der Waals surface area contributed by atoms with Crippen molar-refractivity contribution in [1.82, 2.24) is 0 Å². The molecule has 1 aromatic carbocycles. The Bertz CT molecular complexity index is 586. The highest BCUT2D eigenvalue weighted by Crippen LogP contribution is 2.32. The zero-order valence-corrected chi connectivity index (χ0v) is 11.9. The van der Waals surface area contributed by atoms with E-state index in [1.54, 1.807) is 12.3 Å². The zero-order valence-electron chi connectivity index (χ0n) is 11.9. The molecule has 1 aliphatic carbocycles. The van der Waals surface area contributed by atoms with Gasteiger partial charge < -0.3 is 4.42 Å². The van der Waals surface area contributed by atoms with Crippen LogP contribution in [0.1, 0.15) is 65.3 Å².